The van der Waals surface area contributed by atoms with E-state index >= 15 is 0 Å². The Morgan fingerprint density at radius 1 is 0.742 bits per heavy atom. The minimum Gasteiger partial charge on any atom is -0.266 e. The molecule has 0 aromatic heterocycles. The quantitative estimate of drug-likeness (QED) is 0.326. The number of hydrazone groups is 1. The minimum absolute atomic E-state index is 0.0441. The highest BCUT2D eigenvalue weighted by Crippen LogP contribution is 2.60. The van der Waals surface area contributed by atoms with Gasteiger partial charge in [0.1, 0.15) is 0 Å². The second-order valence-electron chi connectivity index (χ2n) is 5.98. The first-order valence-electron chi connectivity index (χ1n) is 7.50. The van der Waals surface area contributed by atoms with Gasteiger partial charge >= 0.3 is 41.7 Å². The zero-order chi connectivity index (χ0) is 24.7. The molecular formula is C15H9F13N2O. The SMILES string of the molecule is Cc1ccc(/C=N\NC(=O)C(F)(F)C(F)(F)C(F)(F)C(F)(F)C(F)(F)C(F)(F)F)cc1. The van der Waals surface area contributed by atoms with Crippen LogP contribution in [0.25, 0.3) is 0 Å². The number of benzene rings is 1. The molecule has 0 fully saturated rings. The van der Waals surface area contributed by atoms with Crippen LogP contribution in [0.1, 0.15) is 11.1 Å². The van der Waals surface area contributed by atoms with Gasteiger partial charge in [0.2, 0.25) is 0 Å². The maximum atomic E-state index is 13.5. The molecule has 1 aromatic carbocycles. The molecule has 1 N–H and O–H groups in total. The molecule has 0 saturated carbocycles. The van der Waals surface area contributed by atoms with Gasteiger partial charge in [-0.25, -0.2) is 5.43 Å². The Bertz CT molecular complexity index is 828. The van der Waals surface area contributed by atoms with E-state index in [4.69, 9.17) is 0 Å². The lowest BCUT2D eigenvalue weighted by Crippen LogP contribution is -2.71. The average Bonchev–Trinajstić information content (AvgIpc) is 2.61. The van der Waals surface area contributed by atoms with Crippen molar-refractivity contribution < 1.29 is 61.9 Å². The molecule has 0 heterocycles. The second-order valence-corrected chi connectivity index (χ2v) is 5.98. The first-order chi connectivity index (χ1) is 13.6. The third kappa shape index (κ3) is 4.28. The second kappa shape index (κ2) is 7.85. The fraction of sp³-hybridized carbons (Fsp3) is 0.467. The molecular weight excluding hydrogens is 471 g/mol. The minimum atomic E-state index is -8.07. The number of halogens is 13. The number of alkyl halides is 13. The number of carbonyl (C=O) groups is 1. The van der Waals surface area contributed by atoms with Crippen molar-refractivity contribution in [1.82, 2.24) is 5.43 Å². The molecule has 0 radical (unpaired) electrons. The lowest BCUT2D eigenvalue weighted by Gasteiger charge is -2.38. The number of nitrogens with one attached hydrogen (secondary N) is 1. The first kappa shape index (κ1) is 26.5. The van der Waals surface area contributed by atoms with E-state index in [0.29, 0.717) is 17.2 Å². The number of nitrogens with zero attached hydrogens (tertiary/aromatic N) is 1. The number of hydrogen-bond acceptors (Lipinski definition) is 2. The largest absolute Gasteiger partial charge is 0.460 e. The summed E-state index contributed by atoms with van der Waals surface area (Å²) >= 11 is 0. The maximum Gasteiger partial charge on any atom is 0.460 e. The van der Waals surface area contributed by atoms with E-state index in [1.807, 2.05) is 0 Å². The Kier molecular flexibility index (Phi) is 6.71. The summed E-state index contributed by atoms with van der Waals surface area (Å²) in [5, 5.41) is 2.68. The number of carbonyl (C=O) groups excluding carboxylic acids is 1. The van der Waals surface area contributed by atoms with Crippen LogP contribution >= 0.6 is 0 Å². The molecule has 16 heteroatoms. The van der Waals surface area contributed by atoms with Gasteiger partial charge in [-0.1, -0.05) is 29.8 Å². The average molecular weight is 480 g/mol. The van der Waals surface area contributed by atoms with Crippen LogP contribution in [0, 0.1) is 6.92 Å². The first-order valence-corrected chi connectivity index (χ1v) is 7.50. The van der Waals surface area contributed by atoms with Gasteiger partial charge in [0.15, 0.2) is 0 Å². The van der Waals surface area contributed by atoms with Crippen molar-refractivity contribution in [3.63, 3.8) is 0 Å². The smallest absolute Gasteiger partial charge is 0.266 e. The molecule has 0 aliphatic heterocycles. The van der Waals surface area contributed by atoms with Gasteiger partial charge in [-0.05, 0) is 12.5 Å². The fourth-order valence-corrected chi connectivity index (χ4v) is 1.80. The lowest BCUT2D eigenvalue weighted by molar-refractivity contribution is -0.436. The van der Waals surface area contributed by atoms with Gasteiger partial charge in [0.05, 0.1) is 6.21 Å². The zero-order valence-corrected chi connectivity index (χ0v) is 14.7. The zero-order valence-electron chi connectivity index (χ0n) is 14.7. The monoisotopic (exact) mass is 480 g/mol. The van der Waals surface area contributed by atoms with Crippen LogP contribution in [0.5, 0.6) is 0 Å². The Balaban J connectivity index is 3.23. The van der Waals surface area contributed by atoms with Gasteiger partial charge in [-0.3, -0.25) is 4.79 Å². The Morgan fingerprint density at radius 2 is 1.16 bits per heavy atom. The standard InChI is InChI=1S/C15H9F13N2O/c1-7-2-4-8(5-3-7)6-29-30-9(31)10(16,17)11(18,19)12(20,21)13(22,23)14(24,25)15(26,27)28/h2-6H,1H3,(H,30,31)/b29-6-. The van der Waals surface area contributed by atoms with Crippen molar-refractivity contribution in [2.24, 2.45) is 5.10 Å². The van der Waals surface area contributed by atoms with E-state index in [-0.39, 0.29) is 5.56 Å². The highest BCUT2D eigenvalue weighted by Gasteiger charge is 2.91. The third-order valence-corrected chi connectivity index (χ3v) is 3.68. The van der Waals surface area contributed by atoms with Crippen LogP contribution in [0.4, 0.5) is 57.1 Å². The van der Waals surface area contributed by atoms with E-state index in [0.717, 1.165) is 0 Å². The molecule has 0 bridgehead atoms. The highest BCUT2D eigenvalue weighted by molar-refractivity contribution is 5.87. The Hall–Kier alpha value is -2.55. The Morgan fingerprint density at radius 3 is 1.58 bits per heavy atom. The lowest BCUT2D eigenvalue weighted by atomic mass is 9.93. The summed E-state index contributed by atoms with van der Waals surface area (Å²) in [6.07, 6.45) is -7.00. The molecule has 1 amide bonds. The molecule has 0 aliphatic rings. The van der Waals surface area contributed by atoms with Crippen molar-refractivity contribution in [2.75, 3.05) is 0 Å². The van der Waals surface area contributed by atoms with Gasteiger partial charge in [-0.2, -0.15) is 62.2 Å². The number of rotatable bonds is 7. The number of amides is 1. The molecule has 0 unspecified atom stereocenters. The molecule has 0 spiro atoms. The van der Waals surface area contributed by atoms with Crippen molar-refractivity contribution in [2.45, 2.75) is 42.7 Å². The van der Waals surface area contributed by atoms with E-state index in [1.54, 1.807) is 6.92 Å². The van der Waals surface area contributed by atoms with Crippen molar-refractivity contribution >= 4 is 12.1 Å². The topological polar surface area (TPSA) is 41.5 Å². The molecule has 0 atom stereocenters. The third-order valence-electron chi connectivity index (χ3n) is 3.68. The molecule has 1 rings (SSSR count). The van der Waals surface area contributed by atoms with Crippen LogP contribution in [-0.4, -0.2) is 47.9 Å². The maximum absolute atomic E-state index is 13.5. The molecule has 3 nitrogen and oxygen atoms in total. The number of hydrogen-bond donors (Lipinski definition) is 1. The highest BCUT2D eigenvalue weighted by atomic mass is 19.4. The van der Waals surface area contributed by atoms with Crippen LogP contribution < -0.4 is 5.43 Å². The predicted octanol–water partition coefficient (Wildman–Crippen LogP) is 5.18. The van der Waals surface area contributed by atoms with Gasteiger partial charge in [0.25, 0.3) is 0 Å². The van der Waals surface area contributed by atoms with Crippen LogP contribution in [0.15, 0.2) is 29.4 Å². The van der Waals surface area contributed by atoms with E-state index in [9.17, 15) is 61.9 Å². The van der Waals surface area contributed by atoms with E-state index < -0.39 is 41.7 Å². The summed E-state index contributed by atoms with van der Waals surface area (Å²) in [5.41, 5.74) is 1.33. The van der Waals surface area contributed by atoms with Gasteiger partial charge in [0, 0.05) is 0 Å². The van der Waals surface area contributed by atoms with Crippen molar-refractivity contribution in [3.05, 3.63) is 35.4 Å². The molecule has 0 aliphatic carbocycles. The summed E-state index contributed by atoms with van der Waals surface area (Å²) in [5.74, 6) is -42.1. The van der Waals surface area contributed by atoms with Crippen LogP contribution in [0.3, 0.4) is 0 Å². The van der Waals surface area contributed by atoms with E-state index in [2.05, 4.69) is 5.10 Å². The summed E-state index contributed by atoms with van der Waals surface area (Å²) in [6, 6.07) is 5.36. The normalized spacial score (nSPS) is 14.8. The molecule has 31 heavy (non-hydrogen) atoms. The molecule has 0 saturated heterocycles. The molecule has 1 aromatic rings. The van der Waals surface area contributed by atoms with Gasteiger partial charge in [-0.15, -0.1) is 0 Å². The van der Waals surface area contributed by atoms with Crippen LogP contribution in [0.2, 0.25) is 0 Å². The Labute approximate surface area is 163 Å². The summed E-state index contributed by atoms with van der Waals surface area (Å²) in [6.45, 7) is 1.61. The van der Waals surface area contributed by atoms with Crippen LogP contribution in [-0.2, 0) is 4.79 Å². The molecule has 176 valence electrons. The summed E-state index contributed by atoms with van der Waals surface area (Å²) in [4.78, 5) is 11.1. The number of aryl methyl sites for hydroxylation is 1. The van der Waals surface area contributed by atoms with Gasteiger partial charge < -0.3 is 0 Å². The summed E-state index contributed by atoms with van der Waals surface area (Å²) < 4.78 is 168. The van der Waals surface area contributed by atoms with Crippen molar-refractivity contribution in [1.29, 1.82) is 0 Å². The van der Waals surface area contributed by atoms with Crippen molar-refractivity contribution in [3.8, 4) is 0 Å². The van der Waals surface area contributed by atoms with E-state index in [1.165, 1.54) is 24.3 Å². The fourth-order valence-electron chi connectivity index (χ4n) is 1.80. The summed E-state index contributed by atoms with van der Waals surface area (Å²) in [7, 11) is 0. The predicted molar refractivity (Wildman–Crippen MR) is 77.7 cm³/mol.